The van der Waals surface area contributed by atoms with E-state index < -0.39 is 18.1 Å². The maximum atomic E-state index is 13.1. The van der Waals surface area contributed by atoms with Crippen LogP contribution < -0.4 is 14.9 Å². The number of halogens is 7. The smallest absolute Gasteiger partial charge is 0.462 e. The molecular weight excluding hydrogens is 361 g/mol. The van der Waals surface area contributed by atoms with Crippen molar-refractivity contribution >= 4 is 6.21 Å². The van der Waals surface area contributed by atoms with E-state index in [1.165, 1.54) is 31.4 Å². The highest BCUT2D eigenvalue weighted by atomic mass is 19.4. The lowest BCUT2D eigenvalue weighted by Crippen LogP contribution is -2.58. The molecule has 4 nitrogen and oxygen atoms in total. The Bertz CT molecular complexity index is 630. The van der Waals surface area contributed by atoms with Gasteiger partial charge in [-0.3, -0.25) is 0 Å². The molecule has 0 saturated heterocycles. The van der Waals surface area contributed by atoms with Crippen LogP contribution in [0.15, 0.2) is 36.0 Å². The highest BCUT2D eigenvalue weighted by Gasteiger charge is 2.73. The molecular formula is C14H13F7N2O2. The first-order chi connectivity index (χ1) is 11.5. The van der Waals surface area contributed by atoms with E-state index in [-0.39, 0.29) is 23.7 Å². The summed E-state index contributed by atoms with van der Waals surface area (Å²) in [6, 6.07) is -1.49. The van der Waals surface area contributed by atoms with E-state index in [1.807, 2.05) is 0 Å². The summed E-state index contributed by atoms with van der Waals surface area (Å²) in [7, 11) is 1.29. The summed E-state index contributed by atoms with van der Waals surface area (Å²) >= 11 is 0. The van der Waals surface area contributed by atoms with Gasteiger partial charge >= 0.3 is 18.1 Å². The molecule has 0 unspecified atom stereocenters. The molecule has 0 bridgehead atoms. The van der Waals surface area contributed by atoms with E-state index in [0.29, 0.717) is 11.6 Å². The van der Waals surface area contributed by atoms with Gasteiger partial charge in [-0.05, 0) is 12.1 Å². The van der Waals surface area contributed by atoms with Gasteiger partial charge in [0.05, 0.1) is 13.3 Å². The lowest BCUT2D eigenvalue weighted by Gasteiger charge is -2.27. The Morgan fingerprint density at radius 2 is 1.80 bits per heavy atom. The van der Waals surface area contributed by atoms with E-state index in [9.17, 15) is 30.7 Å². The molecule has 0 aliphatic heterocycles. The Morgan fingerprint density at radius 1 is 1.16 bits per heavy atom. The van der Waals surface area contributed by atoms with E-state index in [2.05, 4.69) is 11.7 Å². The van der Waals surface area contributed by atoms with Crippen LogP contribution in [0.2, 0.25) is 0 Å². The average Bonchev–Trinajstić information content (AvgIpc) is 2.51. The van der Waals surface area contributed by atoms with Crippen molar-refractivity contribution in [3.05, 3.63) is 36.4 Å². The van der Waals surface area contributed by atoms with Crippen molar-refractivity contribution in [2.24, 2.45) is 5.10 Å². The van der Waals surface area contributed by atoms with Crippen LogP contribution >= 0.6 is 0 Å². The first-order valence-corrected chi connectivity index (χ1v) is 6.51. The largest absolute Gasteiger partial charge is 0.493 e. The summed E-state index contributed by atoms with van der Waals surface area (Å²) in [5, 5.41) is 2.77. The van der Waals surface area contributed by atoms with Crippen LogP contribution in [0.25, 0.3) is 0 Å². The molecule has 140 valence electrons. The Hall–Kier alpha value is -2.46. The number of methoxy groups -OCH3 is 1. The molecule has 0 saturated carbocycles. The first kappa shape index (κ1) is 20.6. The monoisotopic (exact) mass is 374 g/mol. The number of nitrogens with one attached hydrogen (secondary N) is 1. The molecule has 0 aliphatic carbocycles. The fourth-order valence-electron chi connectivity index (χ4n) is 1.52. The number of nitrogens with zero attached hydrogens (tertiary/aromatic N) is 1. The molecule has 1 N–H and O–H groups in total. The Kier molecular flexibility index (Phi) is 6.27. The van der Waals surface area contributed by atoms with Crippen molar-refractivity contribution in [2.75, 3.05) is 13.7 Å². The van der Waals surface area contributed by atoms with Gasteiger partial charge in [0.15, 0.2) is 11.5 Å². The predicted molar refractivity (Wildman–Crippen MR) is 75.4 cm³/mol. The van der Waals surface area contributed by atoms with Gasteiger partial charge in [-0.25, -0.2) is 5.43 Å². The molecule has 25 heavy (non-hydrogen) atoms. The quantitative estimate of drug-likeness (QED) is 0.246. The molecule has 1 aromatic rings. The average molecular weight is 374 g/mol. The Morgan fingerprint density at radius 3 is 2.32 bits per heavy atom. The first-order valence-electron chi connectivity index (χ1n) is 6.51. The molecule has 0 amide bonds. The summed E-state index contributed by atoms with van der Waals surface area (Å²) in [4.78, 5) is 0. The zero-order valence-corrected chi connectivity index (χ0v) is 12.7. The minimum atomic E-state index is -6.45. The lowest BCUT2D eigenvalue weighted by molar-refractivity contribution is -0.361. The highest BCUT2D eigenvalue weighted by Crippen LogP contribution is 2.45. The van der Waals surface area contributed by atoms with Crippen molar-refractivity contribution in [1.29, 1.82) is 0 Å². The third kappa shape index (κ3) is 4.54. The van der Waals surface area contributed by atoms with Gasteiger partial charge in [0, 0.05) is 5.56 Å². The number of benzene rings is 1. The van der Waals surface area contributed by atoms with Gasteiger partial charge < -0.3 is 9.47 Å². The second kappa shape index (κ2) is 7.62. The maximum absolute atomic E-state index is 13.1. The van der Waals surface area contributed by atoms with Crippen molar-refractivity contribution < 1.29 is 40.2 Å². The second-order valence-electron chi connectivity index (χ2n) is 4.49. The van der Waals surface area contributed by atoms with Crippen molar-refractivity contribution in [1.82, 2.24) is 5.43 Å². The van der Waals surface area contributed by atoms with Crippen molar-refractivity contribution in [2.45, 2.75) is 18.1 Å². The molecule has 0 spiro atoms. The van der Waals surface area contributed by atoms with Crippen LogP contribution in [-0.2, 0) is 0 Å². The maximum Gasteiger partial charge on any atom is 0.462 e. The summed E-state index contributed by atoms with van der Waals surface area (Å²) in [5.41, 5.74) is 0.525. The molecule has 0 aliphatic rings. The second-order valence-corrected chi connectivity index (χ2v) is 4.49. The van der Waals surface area contributed by atoms with Gasteiger partial charge in [0.2, 0.25) is 0 Å². The lowest BCUT2D eigenvalue weighted by atomic mass is 10.2. The normalized spacial score (nSPS) is 13.0. The summed E-state index contributed by atoms with van der Waals surface area (Å²) < 4.78 is 97.9. The number of alkyl halides is 7. The summed E-state index contributed by atoms with van der Waals surface area (Å²) in [6.45, 7) is 3.40. The van der Waals surface area contributed by atoms with Crippen molar-refractivity contribution in [3.63, 3.8) is 0 Å². The third-order valence-corrected chi connectivity index (χ3v) is 2.73. The highest BCUT2D eigenvalue weighted by molar-refractivity contribution is 5.84. The third-order valence-electron chi connectivity index (χ3n) is 2.73. The Balaban J connectivity index is 3.04. The summed E-state index contributed by atoms with van der Waals surface area (Å²) in [5.74, 6) is -6.13. The number of rotatable bonds is 8. The molecule has 1 rings (SSSR count). The number of hydrazone groups is 1. The zero-order chi connectivity index (χ0) is 19.3. The SMILES string of the molecule is C=CCOc1c(/C=N\NC(F)(F)C(F)(F)C(F)(F)F)cccc1OC. The van der Waals surface area contributed by atoms with Gasteiger partial charge in [0.1, 0.15) is 6.61 Å². The zero-order valence-electron chi connectivity index (χ0n) is 12.7. The number of ether oxygens (including phenoxy) is 2. The van der Waals surface area contributed by atoms with Gasteiger partial charge in [0.25, 0.3) is 0 Å². The van der Waals surface area contributed by atoms with E-state index in [4.69, 9.17) is 9.47 Å². The topological polar surface area (TPSA) is 42.8 Å². The molecule has 0 radical (unpaired) electrons. The van der Waals surface area contributed by atoms with E-state index in [0.717, 1.165) is 0 Å². The fraction of sp³-hybridized carbons (Fsp3) is 0.357. The summed E-state index contributed by atoms with van der Waals surface area (Å²) in [6.07, 6.45) is -4.49. The minimum Gasteiger partial charge on any atom is -0.493 e. The molecule has 1 aromatic carbocycles. The number of hydrogen-bond acceptors (Lipinski definition) is 4. The number of hydrogen-bond donors (Lipinski definition) is 1. The predicted octanol–water partition coefficient (Wildman–Crippen LogP) is 3.97. The molecule has 0 aromatic heterocycles. The minimum absolute atomic E-state index is 0.000162. The molecule has 0 heterocycles. The fourth-order valence-corrected chi connectivity index (χ4v) is 1.52. The van der Waals surface area contributed by atoms with Crippen LogP contribution in [0, 0.1) is 0 Å². The van der Waals surface area contributed by atoms with E-state index >= 15 is 0 Å². The van der Waals surface area contributed by atoms with Gasteiger partial charge in [-0.2, -0.15) is 35.8 Å². The van der Waals surface area contributed by atoms with Crippen LogP contribution in [0.3, 0.4) is 0 Å². The van der Waals surface area contributed by atoms with Crippen LogP contribution in [0.5, 0.6) is 11.5 Å². The Labute approximate surface area is 137 Å². The standard InChI is InChI=1S/C14H13F7N2O2/c1-3-7-25-11-9(5-4-6-10(11)24-2)8-22-23-14(20,21)12(15,16)13(17,18)19/h3-6,8,23H,1,7H2,2H3/b22-8-. The number of para-hydroxylation sites is 1. The van der Waals surface area contributed by atoms with Crippen LogP contribution in [-0.4, -0.2) is 38.1 Å². The molecule has 11 heteroatoms. The van der Waals surface area contributed by atoms with Crippen LogP contribution in [0.1, 0.15) is 5.56 Å². The van der Waals surface area contributed by atoms with Gasteiger partial charge in [-0.15, -0.1) is 0 Å². The van der Waals surface area contributed by atoms with E-state index in [1.54, 1.807) is 0 Å². The van der Waals surface area contributed by atoms with Crippen LogP contribution in [0.4, 0.5) is 30.7 Å². The molecule has 0 atom stereocenters. The van der Waals surface area contributed by atoms with Gasteiger partial charge in [-0.1, -0.05) is 18.7 Å². The molecule has 0 fully saturated rings. The van der Waals surface area contributed by atoms with Crippen molar-refractivity contribution in [3.8, 4) is 11.5 Å².